The van der Waals surface area contributed by atoms with E-state index in [4.69, 9.17) is 16.3 Å². The second-order valence-electron chi connectivity index (χ2n) is 7.79. The number of ether oxygens (including phenoxy) is 1. The molecule has 0 aliphatic heterocycles. The first-order chi connectivity index (χ1) is 13.0. The Balaban J connectivity index is 2.43. The topological polar surface area (TPSA) is 24.8 Å². The fraction of sp³-hybridized carbons (Fsp3) is 0.409. The molecule has 2 aromatic rings. The van der Waals surface area contributed by atoms with Crippen molar-refractivity contribution >= 4 is 23.6 Å². The Bertz CT molecular complexity index is 860. The Labute approximate surface area is 171 Å². The molecular formula is C22H27ClF2N2O. The highest BCUT2D eigenvalue weighted by atomic mass is 35.5. The highest BCUT2D eigenvalue weighted by Crippen LogP contribution is 2.39. The zero-order valence-electron chi connectivity index (χ0n) is 17.2. The van der Waals surface area contributed by atoms with Crippen LogP contribution in [0.25, 0.3) is 0 Å². The van der Waals surface area contributed by atoms with Gasteiger partial charge >= 0.3 is 0 Å². The fourth-order valence-corrected chi connectivity index (χ4v) is 3.00. The van der Waals surface area contributed by atoms with Crippen LogP contribution in [0.2, 0.25) is 5.02 Å². The van der Waals surface area contributed by atoms with E-state index in [-0.39, 0.29) is 16.7 Å². The van der Waals surface area contributed by atoms with Crippen molar-refractivity contribution < 1.29 is 13.5 Å². The van der Waals surface area contributed by atoms with Gasteiger partial charge in [-0.15, -0.1) is 0 Å². The molecule has 0 aliphatic rings. The number of alkyl halides is 2. The van der Waals surface area contributed by atoms with Crippen LogP contribution in [0.4, 0.5) is 14.5 Å². The van der Waals surface area contributed by atoms with Crippen LogP contribution in [-0.4, -0.2) is 24.8 Å². The molecule has 0 bridgehead atoms. The second-order valence-corrected chi connectivity index (χ2v) is 8.20. The van der Waals surface area contributed by atoms with Gasteiger partial charge in [-0.25, -0.2) is 13.8 Å². The maximum Gasteiger partial charge on any atom is 0.267 e. The summed E-state index contributed by atoms with van der Waals surface area (Å²) >= 11 is 6.29. The molecule has 3 nitrogen and oxygen atoms in total. The largest absolute Gasteiger partial charge is 0.457 e. The minimum atomic E-state index is -2.68. The summed E-state index contributed by atoms with van der Waals surface area (Å²) in [5.74, 6) is 0.593. The summed E-state index contributed by atoms with van der Waals surface area (Å²) in [7, 11) is 1.87. The van der Waals surface area contributed by atoms with Gasteiger partial charge in [-0.3, -0.25) is 0 Å². The van der Waals surface area contributed by atoms with E-state index in [1.807, 2.05) is 46.6 Å². The lowest BCUT2D eigenvalue weighted by molar-refractivity contribution is 0.148. The molecule has 0 heterocycles. The zero-order chi connectivity index (χ0) is 21.1. The van der Waals surface area contributed by atoms with Crippen LogP contribution in [-0.2, 0) is 5.41 Å². The average molecular weight is 409 g/mol. The second kappa shape index (κ2) is 8.91. The molecular weight excluding hydrogens is 382 g/mol. The molecule has 0 aromatic heterocycles. The predicted molar refractivity (Wildman–Crippen MR) is 113 cm³/mol. The molecule has 0 radical (unpaired) electrons. The van der Waals surface area contributed by atoms with E-state index < -0.39 is 6.43 Å². The van der Waals surface area contributed by atoms with Crippen molar-refractivity contribution in [1.82, 2.24) is 4.90 Å². The van der Waals surface area contributed by atoms with Crippen molar-refractivity contribution in [2.24, 2.45) is 4.99 Å². The summed E-state index contributed by atoms with van der Waals surface area (Å²) in [6.07, 6.45) is -1.05. The number of aliphatic imine (C=N–C) groups is 1. The van der Waals surface area contributed by atoms with E-state index in [0.717, 1.165) is 17.7 Å². The molecule has 6 heteroatoms. The summed E-state index contributed by atoms with van der Waals surface area (Å²) < 4.78 is 33.2. The molecule has 0 N–H and O–H groups in total. The lowest BCUT2D eigenvalue weighted by Gasteiger charge is -2.22. The third-order valence-corrected chi connectivity index (χ3v) is 4.76. The van der Waals surface area contributed by atoms with Gasteiger partial charge in [-0.05, 0) is 60.7 Å². The van der Waals surface area contributed by atoms with Gasteiger partial charge in [-0.2, -0.15) is 0 Å². The van der Waals surface area contributed by atoms with E-state index in [0.29, 0.717) is 16.5 Å². The molecule has 2 rings (SSSR count). The van der Waals surface area contributed by atoms with Crippen molar-refractivity contribution in [1.29, 1.82) is 0 Å². The number of hydrogen-bond acceptors (Lipinski definition) is 2. The zero-order valence-corrected chi connectivity index (χ0v) is 17.9. The first-order valence-corrected chi connectivity index (χ1v) is 9.55. The van der Waals surface area contributed by atoms with Gasteiger partial charge in [0, 0.05) is 18.6 Å². The fourth-order valence-electron chi connectivity index (χ4n) is 2.60. The summed E-state index contributed by atoms with van der Waals surface area (Å²) in [5, 5.41) is 0.620. The monoisotopic (exact) mass is 408 g/mol. The lowest BCUT2D eigenvalue weighted by atomic mass is 9.87. The molecule has 0 aliphatic carbocycles. The molecule has 0 amide bonds. The van der Waals surface area contributed by atoms with Gasteiger partial charge in [0.05, 0.1) is 17.6 Å². The SMILES string of the molecule is CCN(C)/C=N\c1cc(C(F)F)c(Oc2ccc(Cl)c(C(C)(C)C)c2)cc1C. The van der Waals surface area contributed by atoms with Crippen molar-refractivity contribution in [3.05, 3.63) is 52.0 Å². The molecule has 0 spiro atoms. The molecule has 0 atom stereocenters. The van der Waals surface area contributed by atoms with Crippen LogP contribution in [0.3, 0.4) is 0 Å². The van der Waals surface area contributed by atoms with E-state index in [9.17, 15) is 8.78 Å². The van der Waals surface area contributed by atoms with Gasteiger partial charge in [0.2, 0.25) is 0 Å². The summed E-state index contributed by atoms with van der Waals surface area (Å²) in [4.78, 5) is 6.19. The number of halogens is 3. The average Bonchev–Trinajstić information content (AvgIpc) is 2.61. The molecule has 0 unspecified atom stereocenters. The van der Waals surface area contributed by atoms with Gasteiger partial charge in [0.1, 0.15) is 11.5 Å². The molecule has 2 aromatic carbocycles. The van der Waals surface area contributed by atoms with Crippen molar-refractivity contribution in [3.8, 4) is 11.5 Å². The van der Waals surface area contributed by atoms with E-state index in [1.54, 1.807) is 30.6 Å². The first kappa shape index (κ1) is 22.2. The number of rotatable bonds is 6. The van der Waals surface area contributed by atoms with Crippen LogP contribution in [0.5, 0.6) is 11.5 Å². The summed E-state index contributed by atoms with van der Waals surface area (Å²) in [6, 6.07) is 8.20. The molecule has 0 saturated heterocycles. The Morgan fingerprint density at radius 2 is 1.89 bits per heavy atom. The van der Waals surface area contributed by atoms with E-state index in [1.165, 1.54) is 6.07 Å². The van der Waals surface area contributed by atoms with Crippen LogP contribution in [0.1, 0.15) is 50.8 Å². The van der Waals surface area contributed by atoms with Crippen LogP contribution >= 0.6 is 11.6 Å². The van der Waals surface area contributed by atoms with Gasteiger partial charge in [-0.1, -0.05) is 32.4 Å². The first-order valence-electron chi connectivity index (χ1n) is 9.18. The molecule has 0 saturated carbocycles. The highest BCUT2D eigenvalue weighted by Gasteiger charge is 2.20. The van der Waals surface area contributed by atoms with Crippen molar-refractivity contribution in [2.75, 3.05) is 13.6 Å². The predicted octanol–water partition coefficient (Wildman–Crippen LogP) is 7.29. The van der Waals surface area contributed by atoms with Crippen molar-refractivity contribution in [3.63, 3.8) is 0 Å². The maximum absolute atomic E-state index is 13.7. The molecule has 152 valence electrons. The molecule has 0 fully saturated rings. The van der Waals surface area contributed by atoms with Gasteiger partial charge < -0.3 is 9.64 Å². The number of benzene rings is 2. The minimum absolute atomic E-state index is 0.123. The molecule has 28 heavy (non-hydrogen) atoms. The lowest BCUT2D eigenvalue weighted by Crippen LogP contribution is -2.14. The highest BCUT2D eigenvalue weighted by molar-refractivity contribution is 6.31. The minimum Gasteiger partial charge on any atom is -0.457 e. The third kappa shape index (κ3) is 5.44. The summed E-state index contributed by atoms with van der Waals surface area (Å²) in [5.41, 5.74) is 1.76. The smallest absolute Gasteiger partial charge is 0.267 e. The Morgan fingerprint density at radius 3 is 2.46 bits per heavy atom. The van der Waals surface area contributed by atoms with Gasteiger partial charge in [0.25, 0.3) is 6.43 Å². The number of aryl methyl sites for hydroxylation is 1. The van der Waals surface area contributed by atoms with Crippen LogP contribution < -0.4 is 4.74 Å². The third-order valence-electron chi connectivity index (χ3n) is 4.43. The standard InChI is InChI=1S/C22H27ClF2N2O/c1-7-27(6)13-26-19-12-16(21(24)25)20(10-14(19)2)28-15-8-9-18(23)17(11-15)22(3,4)5/h8-13,21H,7H2,1-6H3/b26-13-. The van der Waals surface area contributed by atoms with E-state index >= 15 is 0 Å². The number of hydrogen-bond donors (Lipinski definition) is 0. The normalized spacial score (nSPS) is 12.1. The van der Waals surface area contributed by atoms with Crippen molar-refractivity contribution in [2.45, 2.75) is 46.5 Å². The van der Waals surface area contributed by atoms with Gasteiger partial charge in [0.15, 0.2) is 0 Å². The van der Waals surface area contributed by atoms with Crippen LogP contribution in [0, 0.1) is 6.92 Å². The van der Waals surface area contributed by atoms with E-state index in [2.05, 4.69) is 4.99 Å². The van der Waals surface area contributed by atoms with Crippen LogP contribution in [0.15, 0.2) is 35.3 Å². The number of nitrogens with zero attached hydrogens (tertiary/aromatic N) is 2. The maximum atomic E-state index is 13.7. The summed E-state index contributed by atoms with van der Waals surface area (Å²) in [6.45, 7) is 10.7. The Hall–Kier alpha value is -2.14. The quantitative estimate of drug-likeness (QED) is 0.370. The Morgan fingerprint density at radius 1 is 1.21 bits per heavy atom. The Kier molecular flexibility index (Phi) is 7.05.